The average Bonchev–Trinajstić information content (AvgIpc) is 2.40. The Labute approximate surface area is 119 Å². The highest BCUT2D eigenvalue weighted by atomic mass is 32.2. The fraction of sp³-hybridized carbons (Fsp3) is 0.571. The number of nitrogens with zero attached hydrogens (tertiary/aromatic N) is 1. The lowest BCUT2D eigenvalue weighted by Crippen LogP contribution is -2.41. The van der Waals surface area contributed by atoms with Gasteiger partial charge in [-0.1, -0.05) is 19.1 Å². The number of halogens is 1. The zero-order valence-corrected chi connectivity index (χ0v) is 12.5. The number of rotatable bonds is 4. The standard InChI is InChI=1S/C14H21FN2O2S/c1-2-12(16)10-11-4-3-5-13(15)14(11)17-6-8-20(18,19)9-7-17/h3-5,12H,2,6-10,16H2,1H3. The molecule has 1 saturated heterocycles. The SMILES string of the molecule is CCC(N)Cc1cccc(F)c1N1CCS(=O)(=O)CC1. The molecule has 1 atom stereocenters. The van der Waals surface area contributed by atoms with Crippen molar-refractivity contribution >= 4 is 15.5 Å². The number of anilines is 1. The molecule has 1 aliphatic rings. The Balaban J connectivity index is 2.26. The van der Waals surface area contributed by atoms with E-state index in [4.69, 9.17) is 5.73 Å². The van der Waals surface area contributed by atoms with Gasteiger partial charge in [-0.05, 0) is 24.5 Å². The van der Waals surface area contributed by atoms with Crippen LogP contribution in [-0.4, -0.2) is 39.1 Å². The van der Waals surface area contributed by atoms with Crippen molar-refractivity contribution in [2.75, 3.05) is 29.5 Å². The van der Waals surface area contributed by atoms with Gasteiger partial charge in [0.1, 0.15) is 5.82 Å². The molecule has 20 heavy (non-hydrogen) atoms. The summed E-state index contributed by atoms with van der Waals surface area (Å²) in [5.74, 6) is -0.133. The van der Waals surface area contributed by atoms with E-state index in [2.05, 4.69) is 0 Å². The number of para-hydroxylation sites is 1. The van der Waals surface area contributed by atoms with Gasteiger partial charge in [0.25, 0.3) is 0 Å². The van der Waals surface area contributed by atoms with Crippen molar-refractivity contribution in [3.63, 3.8) is 0 Å². The predicted octanol–water partition coefficient (Wildman–Crippen LogP) is 1.34. The highest BCUT2D eigenvalue weighted by Crippen LogP contribution is 2.27. The minimum absolute atomic E-state index is 0.0101. The molecule has 1 fully saturated rings. The van der Waals surface area contributed by atoms with Crippen molar-refractivity contribution in [2.45, 2.75) is 25.8 Å². The van der Waals surface area contributed by atoms with Crippen LogP contribution in [0.1, 0.15) is 18.9 Å². The van der Waals surface area contributed by atoms with Crippen molar-refractivity contribution in [1.82, 2.24) is 0 Å². The monoisotopic (exact) mass is 300 g/mol. The molecule has 1 aromatic rings. The van der Waals surface area contributed by atoms with Crippen LogP contribution >= 0.6 is 0 Å². The molecule has 0 aromatic heterocycles. The molecular weight excluding hydrogens is 279 g/mol. The van der Waals surface area contributed by atoms with Crippen LogP contribution in [0.25, 0.3) is 0 Å². The van der Waals surface area contributed by atoms with Crippen LogP contribution in [0.5, 0.6) is 0 Å². The van der Waals surface area contributed by atoms with Gasteiger partial charge in [0.05, 0.1) is 17.2 Å². The summed E-state index contributed by atoms with van der Waals surface area (Å²) >= 11 is 0. The average molecular weight is 300 g/mol. The Morgan fingerprint density at radius 2 is 2.00 bits per heavy atom. The summed E-state index contributed by atoms with van der Waals surface area (Å²) in [5, 5.41) is 0. The Hall–Kier alpha value is -1.14. The normalized spacial score (nSPS) is 19.9. The molecule has 0 spiro atoms. The van der Waals surface area contributed by atoms with Gasteiger partial charge in [0, 0.05) is 19.1 Å². The summed E-state index contributed by atoms with van der Waals surface area (Å²) < 4.78 is 37.1. The van der Waals surface area contributed by atoms with Crippen LogP contribution in [-0.2, 0) is 16.3 Å². The molecule has 1 aromatic carbocycles. The fourth-order valence-electron chi connectivity index (χ4n) is 2.44. The Morgan fingerprint density at radius 3 is 2.60 bits per heavy atom. The molecule has 1 heterocycles. The third-order valence-corrected chi connectivity index (χ3v) is 5.35. The van der Waals surface area contributed by atoms with Gasteiger partial charge in [-0.3, -0.25) is 0 Å². The largest absolute Gasteiger partial charge is 0.367 e. The van der Waals surface area contributed by atoms with E-state index in [0.29, 0.717) is 25.2 Å². The molecule has 2 N–H and O–H groups in total. The van der Waals surface area contributed by atoms with Gasteiger partial charge in [-0.15, -0.1) is 0 Å². The van der Waals surface area contributed by atoms with Crippen LogP contribution < -0.4 is 10.6 Å². The Bertz CT molecular complexity index is 561. The number of hydrogen-bond donors (Lipinski definition) is 1. The number of nitrogens with two attached hydrogens (primary N) is 1. The van der Waals surface area contributed by atoms with Crippen LogP contribution in [0.4, 0.5) is 10.1 Å². The highest BCUT2D eigenvalue weighted by Gasteiger charge is 2.25. The molecule has 6 heteroatoms. The molecule has 0 amide bonds. The van der Waals surface area contributed by atoms with Crippen LogP contribution in [0.2, 0.25) is 0 Å². The van der Waals surface area contributed by atoms with E-state index in [1.165, 1.54) is 6.07 Å². The molecule has 0 radical (unpaired) electrons. The molecule has 2 rings (SSSR count). The summed E-state index contributed by atoms with van der Waals surface area (Å²) in [6.07, 6.45) is 1.43. The van der Waals surface area contributed by atoms with E-state index >= 15 is 0 Å². The minimum Gasteiger partial charge on any atom is -0.367 e. The van der Waals surface area contributed by atoms with E-state index in [9.17, 15) is 12.8 Å². The van der Waals surface area contributed by atoms with Crippen molar-refractivity contribution in [3.8, 4) is 0 Å². The first-order valence-corrected chi connectivity index (χ1v) is 8.73. The third kappa shape index (κ3) is 3.49. The highest BCUT2D eigenvalue weighted by molar-refractivity contribution is 7.91. The van der Waals surface area contributed by atoms with E-state index in [-0.39, 0.29) is 23.4 Å². The number of hydrogen-bond acceptors (Lipinski definition) is 4. The first kappa shape index (κ1) is 15.3. The van der Waals surface area contributed by atoms with E-state index in [1.807, 2.05) is 17.9 Å². The summed E-state index contributed by atoms with van der Waals surface area (Å²) in [4.78, 5) is 1.83. The second kappa shape index (κ2) is 6.10. The van der Waals surface area contributed by atoms with Crippen molar-refractivity contribution < 1.29 is 12.8 Å². The van der Waals surface area contributed by atoms with Crippen molar-refractivity contribution in [1.29, 1.82) is 0 Å². The Kier molecular flexibility index (Phi) is 4.65. The zero-order valence-electron chi connectivity index (χ0n) is 11.7. The molecule has 0 bridgehead atoms. The zero-order chi connectivity index (χ0) is 14.8. The molecule has 112 valence electrons. The Morgan fingerprint density at radius 1 is 1.35 bits per heavy atom. The van der Waals surface area contributed by atoms with E-state index in [1.54, 1.807) is 6.07 Å². The van der Waals surface area contributed by atoms with E-state index in [0.717, 1.165) is 12.0 Å². The summed E-state index contributed by atoms with van der Waals surface area (Å²) in [7, 11) is -2.97. The molecule has 0 aliphatic carbocycles. The van der Waals surface area contributed by atoms with Crippen LogP contribution in [0, 0.1) is 5.82 Å². The van der Waals surface area contributed by atoms with Crippen LogP contribution in [0.15, 0.2) is 18.2 Å². The lowest BCUT2D eigenvalue weighted by molar-refractivity contribution is 0.579. The van der Waals surface area contributed by atoms with Gasteiger partial charge in [-0.25, -0.2) is 12.8 Å². The first-order valence-electron chi connectivity index (χ1n) is 6.91. The molecule has 1 unspecified atom stereocenters. The van der Waals surface area contributed by atoms with Gasteiger partial charge in [0.2, 0.25) is 0 Å². The molecular formula is C14H21FN2O2S. The van der Waals surface area contributed by atoms with Gasteiger partial charge < -0.3 is 10.6 Å². The molecule has 4 nitrogen and oxygen atoms in total. The summed E-state index contributed by atoms with van der Waals surface area (Å²) in [6.45, 7) is 2.69. The fourth-order valence-corrected chi connectivity index (χ4v) is 3.64. The maximum absolute atomic E-state index is 14.1. The first-order chi connectivity index (χ1) is 9.43. The van der Waals surface area contributed by atoms with Gasteiger partial charge in [0.15, 0.2) is 9.84 Å². The lowest BCUT2D eigenvalue weighted by atomic mass is 10.0. The van der Waals surface area contributed by atoms with Crippen LogP contribution in [0.3, 0.4) is 0 Å². The van der Waals surface area contributed by atoms with Crippen molar-refractivity contribution in [2.24, 2.45) is 5.73 Å². The van der Waals surface area contributed by atoms with E-state index < -0.39 is 9.84 Å². The quantitative estimate of drug-likeness (QED) is 0.911. The second-order valence-corrected chi connectivity index (χ2v) is 7.56. The number of sulfone groups is 1. The second-order valence-electron chi connectivity index (χ2n) is 5.26. The minimum atomic E-state index is -2.97. The number of benzene rings is 1. The predicted molar refractivity (Wildman–Crippen MR) is 79.2 cm³/mol. The summed E-state index contributed by atoms with van der Waals surface area (Å²) in [6, 6.07) is 4.96. The molecule has 1 aliphatic heterocycles. The smallest absolute Gasteiger partial charge is 0.153 e. The third-order valence-electron chi connectivity index (χ3n) is 3.74. The van der Waals surface area contributed by atoms with Crippen molar-refractivity contribution in [3.05, 3.63) is 29.6 Å². The topological polar surface area (TPSA) is 63.4 Å². The molecule has 0 saturated carbocycles. The van der Waals surface area contributed by atoms with Gasteiger partial charge >= 0.3 is 0 Å². The summed E-state index contributed by atoms with van der Waals surface area (Å²) in [5.41, 5.74) is 7.34. The van der Waals surface area contributed by atoms with Gasteiger partial charge in [-0.2, -0.15) is 0 Å². The maximum Gasteiger partial charge on any atom is 0.153 e. The maximum atomic E-state index is 14.1. The lowest BCUT2D eigenvalue weighted by Gasteiger charge is -2.31.